The molecule has 3 amide bonds. The van der Waals surface area contributed by atoms with E-state index in [9.17, 15) is 18.0 Å². The highest BCUT2D eigenvalue weighted by Gasteiger charge is 2.43. The van der Waals surface area contributed by atoms with Crippen LogP contribution in [0.2, 0.25) is 0 Å². The Morgan fingerprint density at radius 3 is 2.82 bits per heavy atom. The maximum absolute atomic E-state index is 12.1. The van der Waals surface area contributed by atoms with Crippen LogP contribution >= 0.6 is 0 Å². The Bertz CT molecular complexity index is 852. The van der Waals surface area contributed by atoms with E-state index in [4.69, 9.17) is 15.1 Å². The van der Waals surface area contributed by atoms with E-state index in [2.05, 4.69) is 14.9 Å². The van der Waals surface area contributed by atoms with E-state index < -0.39 is 28.4 Å². The summed E-state index contributed by atoms with van der Waals surface area (Å²) in [5, 5.41) is 4.66. The molecule has 1 aromatic rings. The summed E-state index contributed by atoms with van der Waals surface area (Å²) in [7, 11) is -4.83. The van der Waals surface area contributed by atoms with Crippen LogP contribution in [0.3, 0.4) is 0 Å². The molecule has 3 heterocycles. The van der Waals surface area contributed by atoms with Crippen molar-refractivity contribution in [1.82, 2.24) is 25.2 Å². The maximum atomic E-state index is 12.1. The molecular weight excluding hydrogens is 396 g/mol. The fraction of sp³-hybridized carbons (Fsp3) is 0.500. The zero-order chi connectivity index (χ0) is 20.9. The van der Waals surface area contributed by atoms with Gasteiger partial charge < -0.3 is 10.6 Å². The maximum Gasteiger partial charge on any atom is 0.418 e. The van der Waals surface area contributed by atoms with Gasteiger partial charge in [0, 0.05) is 19.3 Å². The monoisotopic (exact) mass is 418 g/mol. The lowest BCUT2D eigenvalue weighted by Crippen LogP contribution is -2.35. The number of amides is 3. The van der Waals surface area contributed by atoms with Crippen LogP contribution in [0.5, 0.6) is 0 Å². The van der Waals surface area contributed by atoms with Gasteiger partial charge in [-0.15, -0.1) is 4.28 Å². The molecule has 0 radical (unpaired) electrons. The van der Waals surface area contributed by atoms with Crippen LogP contribution < -0.4 is 11.2 Å². The number of aromatic nitrogens is 2. The highest BCUT2D eigenvalue weighted by molar-refractivity contribution is 7.80. The molecule has 1 saturated heterocycles. The lowest BCUT2D eigenvalue weighted by Gasteiger charge is -2.20. The number of fused-ring (bicyclic) bond motifs is 2. The first-order chi connectivity index (χ1) is 13.3. The molecule has 1 fully saturated rings. The van der Waals surface area contributed by atoms with Gasteiger partial charge in [0.15, 0.2) is 5.69 Å². The van der Waals surface area contributed by atoms with Crippen LogP contribution in [0.1, 0.15) is 24.3 Å². The van der Waals surface area contributed by atoms with Crippen molar-refractivity contribution in [2.45, 2.75) is 19.9 Å². The van der Waals surface area contributed by atoms with Crippen molar-refractivity contribution in [2.24, 2.45) is 5.73 Å². The van der Waals surface area contributed by atoms with Crippen LogP contribution in [-0.2, 0) is 19.5 Å². The number of nitrogens with zero attached hydrogens (tertiary/aromatic N) is 4. The molecule has 156 valence electrons. The first-order valence-electron chi connectivity index (χ1n) is 8.42. The van der Waals surface area contributed by atoms with Gasteiger partial charge in [0.1, 0.15) is 6.04 Å². The van der Waals surface area contributed by atoms with Crippen molar-refractivity contribution in [1.29, 1.82) is 0 Å². The molecule has 3 rings (SSSR count). The molecule has 0 aromatic carbocycles. The third-order valence-corrected chi connectivity index (χ3v) is 3.93. The summed E-state index contributed by atoms with van der Waals surface area (Å²) in [6.07, 6.45) is 3.07. The van der Waals surface area contributed by atoms with E-state index in [0.717, 1.165) is 0 Å². The Labute approximate surface area is 161 Å². The number of hydroxylamine groups is 3. The molecule has 2 bridgehead atoms. The minimum Gasteiger partial charge on any atom is -0.328 e. The molecule has 0 saturated carbocycles. The average molecular weight is 418 g/mol. The number of hydrogen-bond acceptors (Lipinski definition) is 8. The molecule has 1 unspecified atom stereocenters. The Balaban J connectivity index is 0.00000136. The average Bonchev–Trinajstić information content (AvgIpc) is 3.23. The molecule has 13 nitrogen and oxygen atoms in total. The molecular formula is C14H22N6O7S. The Kier molecular flexibility index (Phi) is 7.09. The first-order valence-corrected chi connectivity index (χ1v) is 9.79. The van der Waals surface area contributed by atoms with E-state index in [1.54, 1.807) is 6.08 Å². The minimum atomic E-state index is -4.83. The van der Waals surface area contributed by atoms with E-state index in [-0.39, 0.29) is 31.9 Å². The smallest absolute Gasteiger partial charge is 0.328 e. The van der Waals surface area contributed by atoms with Crippen LogP contribution in [-0.4, -0.2) is 76.9 Å². The Hall–Kier alpha value is -2.52. The van der Waals surface area contributed by atoms with E-state index in [0.29, 0.717) is 10.8 Å². The van der Waals surface area contributed by atoms with Crippen LogP contribution in [0.15, 0.2) is 18.3 Å². The van der Waals surface area contributed by atoms with Gasteiger partial charge in [-0.1, -0.05) is 13.8 Å². The van der Waals surface area contributed by atoms with Crippen molar-refractivity contribution in [2.75, 3.05) is 26.2 Å². The molecule has 1 aromatic heterocycles. The first kappa shape index (κ1) is 21.8. The van der Waals surface area contributed by atoms with E-state index in [1.165, 1.54) is 21.8 Å². The fourth-order valence-electron chi connectivity index (χ4n) is 2.55. The van der Waals surface area contributed by atoms with Gasteiger partial charge in [0.2, 0.25) is 0 Å². The van der Waals surface area contributed by atoms with Crippen molar-refractivity contribution >= 4 is 28.0 Å². The summed E-state index contributed by atoms with van der Waals surface area (Å²) < 4.78 is 36.2. The molecule has 14 heteroatoms. The second-order valence-electron chi connectivity index (χ2n) is 5.43. The molecule has 28 heavy (non-hydrogen) atoms. The van der Waals surface area contributed by atoms with E-state index in [1.807, 2.05) is 13.8 Å². The Morgan fingerprint density at radius 2 is 2.18 bits per heavy atom. The van der Waals surface area contributed by atoms with Gasteiger partial charge in [0.05, 0.1) is 18.8 Å². The van der Waals surface area contributed by atoms with Crippen molar-refractivity contribution in [3.63, 3.8) is 0 Å². The minimum absolute atomic E-state index is 0.0770. The largest absolute Gasteiger partial charge is 0.418 e. The molecule has 2 aliphatic heterocycles. The zero-order valence-corrected chi connectivity index (χ0v) is 16.1. The zero-order valence-electron chi connectivity index (χ0n) is 15.3. The lowest BCUT2D eigenvalue weighted by molar-refractivity contribution is -0.0183. The van der Waals surface area contributed by atoms with Gasteiger partial charge in [-0.2, -0.15) is 18.6 Å². The van der Waals surface area contributed by atoms with Gasteiger partial charge in [-0.25, -0.2) is 15.0 Å². The quantitative estimate of drug-likeness (QED) is 0.292. The van der Waals surface area contributed by atoms with Crippen LogP contribution in [0.4, 0.5) is 4.79 Å². The number of urea groups is 1. The third-order valence-electron chi connectivity index (χ3n) is 3.58. The van der Waals surface area contributed by atoms with Gasteiger partial charge in [-0.3, -0.25) is 14.2 Å². The van der Waals surface area contributed by atoms with Gasteiger partial charge >= 0.3 is 16.4 Å². The third kappa shape index (κ3) is 5.05. The Morgan fingerprint density at radius 1 is 1.46 bits per heavy atom. The normalized spacial score (nSPS) is 18.5. The number of rotatable bonds is 7. The molecule has 0 spiro atoms. The standard InChI is InChI=1S/C12H16N6O7S.C2H6/c13-2-4-24-15-11(19)10-1-3-17(14-10)8-5-9-7-16(6-8)12(20)18(9)25-26(21,22)23;1-2/h1,3,5,9H,2,4,6-7,13H2,(H,15,19)(H,21,22,23);1-2H3. The van der Waals surface area contributed by atoms with Crippen molar-refractivity contribution < 1.29 is 31.7 Å². The van der Waals surface area contributed by atoms with Gasteiger partial charge in [0.25, 0.3) is 5.91 Å². The van der Waals surface area contributed by atoms with Crippen molar-refractivity contribution in [3.8, 4) is 0 Å². The summed E-state index contributed by atoms with van der Waals surface area (Å²) in [4.78, 5) is 30.1. The predicted octanol–water partition coefficient (Wildman–Crippen LogP) is -0.775. The predicted molar refractivity (Wildman–Crippen MR) is 95.6 cm³/mol. The lowest BCUT2D eigenvalue weighted by atomic mass is 10.2. The summed E-state index contributed by atoms with van der Waals surface area (Å²) in [6, 6.07) is 0.00367. The molecule has 1 atom stereocenters. The number of nitrogens with two attached hydrogens (primary N) is 1. The van der Waals surface area contributed by atoms with Crippen LogP contribution in [0, 0.1) is 0 Å². The summed E-state index contributed by atoms with van der Waals surface area (Å²) in [5.41, 5.74) is 8.03. The highest BCUT2D eigenvalue weighted by Crippen LogP contribution is 2.27. The number of carbonyl (C=O) groups excluding carboxylic acids is 2. The fourth-order valence-corrected chi connectivity index (χ4v) is 2.93. The number of carbonyl (C=O) groups is 2. The summed E-state index contributed by atoms with van der Waals surface area (Å²) in [5.74, 6) is -0.565. The second kappa shape index (κ2) is 9.11. The molecule has 2 aliphatic rings. The number of nitrogens with one attached hydrogen (secondary N) is 1. The van der Waals surface area contributed by atoms with E-state index >= 15 is 0 Å². The summed E-state index contributed by atoms with van der Waals surface area (Å²) >= 11 is 0. The highest BCUT2D eigenvalue weighted by atomic mass is 32.3. The second-order valence-corrected chi connectivity index (χ2v) is 6.43. The van der Waals surface area contributed by atoms with Crippen LogP contribution in [0.25, 0.3) is 5.70 Å². The molecule has 4 N–H and O–H groups in total. The van der Waals surface area contributed by atoms with Crippen molar-refractivity contribution in [3.05, 3.63) is 24.0 Å². The SMILES string of the molecule is CC.NCCONC(=O)c1ccn(C2=CC3CN(C2)C(=O)N3OS(=O)(=O)O)n1. The molecule has 0 aliphatic carbocycles. The topological polar surface area (TPSA) is 169 Å². The summed E-state index contributed by atoms with van der Waals surface area (Å²) in [6.45, 7) is 4.71. The number of hydrogen-bond donors (Lipinski definition) is 3. The van der Waals surface area contributed by atoms with Gasteiger partial charge in [-0.05, 0) is 12.1 Å².